The van der Waals surface area contributed by atoms with E-state index in [4.69, 9.17) is 5.11 Å². The molecule has 2 aromatic heterocycles. The zero-order valence-electron chi connectivity index (χ0n) is 7.91. The topological polar surface area (TPSA) is 89.5 Å². The van der Waals surface area contributed by atoms with Crippen molar-refractivity contribution < 1.29 is 9.90 Å². The van der Waals surface area contributed by atoms with Crippen molar-refractivity contribution in [2.24, 2.45) is 0 Å². The van der Waals surface area contributed by atoms with Gasteiger partial charge >= 0.3 is 11.7 Å². The summed E-state index contributed by atoms with van der Waals surface area (Å²) in [6.45, 7) is 1.33. The highest BCUT2D eigenvalue weighted by molar-refractivity contribution is 5.66. The van der Waals surface area contributed by atoms with Crippen molar-refractivity contribution in [2.45, 2.75) is 13.5 Å². The molecule has 0 aliphatic rings. The zero-order chi connectivity index (χ0) is 11.0. The highest BCUT2D eigenvalue weighted by atomic mass is 16.4. The first-order valence-electron chi connectivity index (χ1n) is 4.21. The lowest BCUT2D eigenvalue weighted by atomic mass is 10.4. The summed E-state index contributed by atoms with van der Waals surface area (Å²) < 4.78 is 2.09. The van der Waals surface area contributed by atoms with E-state index in [2.05, 4.69) is 10.1 Å². The molecular weight excluding hydrogens is 200 g/mol. The van der Waals surface area contributed by atoms with Gasteiger partial charge in [0.1, 0.15) is 6.54 Å². The van der Waals surface area contributed by atoms with Gasteiger partial charge in [-0.1, -0.05) is 0 Å². The van der Waals surface area contributed by atoms with E-state index < -0.39 is 18.2 Å². The molecule has 0 radical (unpaired) electrons. The number of aromatic nitrogens is 4. The van der Waals surface area contributed by atoms with Crippen LogP contribution in [0.15, 0.2) is 17.2 Å². The molecule has 0 atom stereocenters. The van der Waals surface area contributed by atoms with Gasteiger partial charge in [0, 0.05) is 12.4 Å². The van der Waals surface area contributed by atoms with E-state index >= 15 is 0 Å². The molecule has 15 heavy (non-hydrogen) atoms. The standard InChI is InChI=1S/C8H8N4O3/c1-5-2-9-7-10-12(4-6(13)14)8(15)11(7)3-5/h2-3H,4H2,1H3,(H,13,14). The van der Waals surface area contributed by atoms with Crippen molar-refractivity contribution in [2.75, 3.05) is 0 Å². The van der Waals surface area contributed by atoms with Gasteiger partial charge < -0.3 is 5.11 Å². The van der Waals surface area contributed by atoms with Gasteiger partial charge in [-0.2, -0.15) is 4.68 Å². The summed E-state index contributed by atoms with van der Waals surface area (Å²) >= 11 is 0. The van der Waals surface area contributed by atoms with Crippen molar-refractivity contribution in [1.82, 2.24) is 19.2 Å². The maximum absolute atomic E-state index is 11.6. The number of aryl methyl sites for hydroxylation is 1. The number of fused-ring (bicyclic) bond motifs is 1. The van der Waals surface area contributed by atoms with Crippen LogP contribution in [0.4, 0.5) is 0 Å². The van der Waals surface area contributed by atoms with Crippen LogP contribution in [-0.2, 0) is 11.3 Å². The van der Waals surface area contributed by atoms with Crippen LogP contribution in [0, 0.1) is 6.92 Å². The van der Waals surface area contributed by atoms with Crippen LogP contribution >= 0.6 is 0 Å². The minimum atomic E-state index is -1.11. The molecule has 7 heteroatoms. The summed E-state index contributed by atoms with van der Waals surface area (Å²) in [5.74, 6) is -0.913. The fourth-order valence-electron chi connectivity index (χ4n) is 1.24. The SMILES string of the molecule is Cc1cnc2nn(CC(=O)O)c(=O)n2c1. The Morgan fingerprint density at radius 1 is 1.60 bits per heavy atom. The number of nitrogens with zero attached hydrogens (tertiary/aromatic N) is 4. The van der Waals surface area contributed by atoms with E-state index in [-0.39, 0.29) is 5.78 Å². The third-order valence-electron chi connectivity index (χ3n) is 1.85. The minimum absolute atomic E-state index is 0.201. The number of carboxylic acid groups (broad SMARTS) is 1. The molecule has 2 rings (SSSR count). The number of aliphatic carboxylic acids is 1. The molecule has 0 spiro atoms. The van der Waals surface area contributed by atoms with Gasteiger partial charge in [-0.15, -0.1) is 5.10 Å². The summed E-state index contributed by atoms with van der Waals surface area (Å²) in [4.78, 5) is 25.9. The minimum Gasteiger partial charge on any atom is -0.480 e. The molecule has 2 heterocycles. The molecule has 1 N–H and O–H groups in total. The second-order valence-electron chi connectivity index (χ2n) is 3.14. The number of carboxylic acids is 1. The Morgan fingerprint density at radius 2 is 2.33 bits per heavy atom. The summed E-state index contributed by atoms with van der Waals surface area (Å²) in [6, 6.07) is 0. The molecule has 2 aromatic rings. The smallest absolute Gasteiger partial charge is 0.352 e. The van der Waals surface area contributed by atoms with Gasteiger partial charge in [0.05, 0.1) is 0 Å². The molecule has 0 bridgehead atoms. The van der Waals surface area contributed by atoms with Crippen molar-refractivity contribution in [1.29, 1.82) is 0 Å². The molecule has 0 aromatic carbocycles. The molecular formula is C8H8N4O3. The maximum Gasteiger partial charge on any atom is 0.352 e. The molecule has 0 amide bonds. The summed E-state index contributed by atoms with van der Waals surface area (Å²) in [5.41, 5.74) is 0.308. The van der Waals surface area contributed by atoms with E-state index in [9.17, 15) is 9.59 Å². The van der Waals surface area contributed by atoms with Crippen LogP contribution in [0.3, 0.4) is 0 Å². The van der Waals surface area contributed by atoms with E-state index in [1.807, 2.05) is 0 Å². The molecule has 0 aliphatic carbocycles. The van der Waals surface area contributed by atoms with Gasteiger partial charge in [0.15, 0.2) is 0 Å². The molecule has 0 unspecified atom stereocenters. The number of carbonyl (C=O) groups is 1. The zero-order valence-corrected chi connectivity index (χ0v) is 7.91. The van der Waals surface area contributed by atoms with Gasteiger partial charge in [-0.05, 0) is 12.5 Å². The van der Waals surface area contributed by atoms with Crippen molar-refractivity contribution in [3.8, 4) is 0 Å². The first kappa shape index (κ1) is 9.38. The summed E-state index contributed by atoms with van der Waals surface area (Å²) in [7, 11) is 0. The highest BCUT2D eigenvalue weighted by Gasteiger charge is 2.09. The molecule has 78 valence electrons. The molecule has 0 aliphatic heterocycles. The molecule has 7 nitrogen and oxygen atoms in total. The molecule has 0 saturated carbocycles. The van der Waals surface area contributed by atoms with Crippen LogP contribution < -0.4 is 5.69 Å². The quantitative estimate of drug-likeness (QED) is 0.703. The van der Waals surface area contributed by atoms with E-state index in [1.54, 1.807) is 19.3 Å². The normalized spacial score (nSPS) is 10.7. The van der Waals surface area contributed by atoms with E-state index in [0.717, 1.165) is 10.2 Å². The van der Waals surface area contributed by atoms with Gasteiger partial charge in [0.25, 0.3) is 5.78 Å². The largest absolute Gasteiger partial charge is 0.480 e. The molecule has 0 saturated heterocycles. The predicted octanol–water partition coefficient (Wildman–Crippen LogP) is -0.716. The Balaban J connectivity index is 2.65. The Labute approximate surface area is 83.6 Å². The average Bonchev–Trinajstić information content (AvgIpc) is 2.44. The third-order valence-corrected chi connectivity index (χ3v) is 1.85. The lowest BCUT2D eigenvalue weighted by molar-refractivity contribution is -0.137. The van der Waals surface area contributed by atoms with Crippen molar-refractivity contribution in [3.05, 3.63) is 28.4 Å². The second kappa shape index (κ2) is 3.19. The predicted molar refractivity (Wildman–Crippen MR) is 49.6 cm³/mol. The van der Waals surface area contributed by atoms with Gasteiger partial charge in [-0.3, -0.25) is 4.79 Å². The number of hydrogen-bond acceptors (Lipinski definition) is 4. The lowest BCUT2D eigenvalue weighted by Crippen LogP contribution is -2.24. The maximum atomic E-state index is 11.6. The Kier molecular flexibility index (Phi) is 2.00. The number of rotatable bonds is 2. The first-order chi connectivity index (χ1) is 7.08. The van der Waals surface area contributed by atoms with Crippen molar-refractivity contribution >= 4 is 11.7 Å². The van der Waals surface area contributed by atoms with Gasteiger partial charge in [0.2, 0.25) is 0 Å². The Morgan fingerprint density at radius 3 is 3.00 bits per heavy atom. The number of hydrogen-bond donors (Lipinski definition) is 1. The average molecular weight is 208 g/mol. The monoisotopic (exact) mass is 208 g/mol. The van der Waals surface area contributed by atoms with Crippen LogP contribution in [0.25, 0.3) is 5.78 Å². The van der Waals surface area contributed by atoms with Crippen LogP contribution in [-0.4, -0.2) is 30.2 Å². The highest BCUT2D eigenvalue weighted by Crippen LogP contribution is 1.95. The van der Waals surface area contributed by atoms with Gasteiger partial charge in [-0.25, -0.2) is 14.2 Å². The van der Waals surface area contributed by atoms with Crippen LogP contribution in [0.5, 0.6) is 0 Å². The summed E-state index contributed by atoms with van der Waals surface area (Å²) in [6.07, 6.45) is 3.13. The fraction of sp³-hybridized carbons (Fsp3) is 0.250. The van der Waals surface area contributed by atoms with E-state index in [1.165, 1.54) is 4.40 Å². The van der Waals surface area contributed by atoms with Crippen LogP contribution in [0.1, 0.15) is 5.56 Å². The molecule has 0 fully saturated rings. The van der Waals surface area contributed by atoms with E-state index in [0.29, 0.717) is 0 Å². The first-order valence-corrected chi connectivity index (χ1v) is 4.21. The second-order valence-corrected chi connectivity index (χ2v) is 3.14. The Bertz CT molecular complexity index is 583. The summed E-state index contributed by atoms with van der Waals surface area (Å²) in [5, 5.41) is 12.3. The Hall–Kier alpha value is -2.18. The van der Waals surface area contributed by atoms with Crippen molar-refractivity contribution in [3.63, 3.8) is 0 Å². The lowest BCUT2D eigenvalue weighted by Gasteiger charge is -1.90. The van der Waals surface area contributed by atoms with Crippen LogP contribution in [0.2, 0.25) is 0 Å². The third kappa shape index (κ3) is 1.58. The fourth-order valence-corrected chi connectivity index (χ4v) is 1.24.